The summed E-state index contributed by atoms with van der Waals surface area (Å²) in [7, 11) is 1.24. The fraction of sp³-hybridized carbons (Fsp3) is 0.364. The molecule has 0 aromatic heterocycles. The van der Waals surface area contributed by atoms with Gasteiger partial charge in [0.05, 0.1) is 23.4 Å². The third-order valence-electron chi connectivity index (χ3n) is 2.23. The molecule has 0 aliphatic carbocycles. The standard InChI is InChI=1S/C11H10BrClF3NO2/c1-19-10(18)7(12)5-17-9-3-2-6(4-8(9)13)11(14,15)16/h2-4,7,17H,5H2,1H3. The molecule has 0 heterocycles. The number of esters is 1. The summed E-state index contributed by atoms with van der Waals surface area (Å²) in [5, 5.41) is 2.69. The SMILES string of the molecule is COC(=O)C(Br)CNc1ccc(C(F)(F)F)cc1Cl. The van der Waals surface area contributed by atoms with Gasteiger partial charge in [0.2, 0.25) is 0 Å². The van der Waals surface area contributed by atoms with Crippen molar-refractivity contribution in [2.24, 2.45) is 0 Å². The van der Waals surface area contributed by atoms with Gasteiger partial charge < -0.3 is 10.1 Å². The smallest absolute Gasteiger partial charge is 0.416 e. The molecule has 1 atom stereocenters. The molecule has 0 saturated carbocycles. The maximum atomic E-state index is 12.4. The van der Waals surface area contributed by atoms with Crippen molar-refractivity contribution >= 4 is 39.2 Å². The van der Waals surface area contributed by atoms with E-state index in [2.05, 4.69) is 26.0 Å². The average Bonchev–Trinajstić information content (AvgIpc) is 2.34. The van der Waals surface area contributed by atoms with Gasteiger partial charge in [-0.25, -0.2) is 0 Å². The molecule has 0 fully saturated rings. The summed E-state index contributed by atoms with van der Waals surface area (Å²) >= 11 is 8.81. The Kier molecular flexibility index (Phi) is 5.49. The topological polar surface area (TPSA) is 38.3 Å². The number of hydrogen-bond donors (Lipinski definition) is 1. The highest BCUT2D eigenvalue weighted by atomic mass is 79.9. The monoisotopic (exact) mass is 359 g/mol. The van der Waals surface area contributed by atoms with Crippen molar-refractivity contribution in [3.05, 3.63) is 28.8 Å². The Hall–Kier alpha value is -0.950. The third-order valence-corrected chi connectivity index (χ3v) is 3.24. The summed E-state index contributed by atoms with van der Waals surface area (Å²) in [4.78, 5) is 10.5. The van der Waals surface area contributed by atoms with Gasteiger partial charge in [-0.05, 0) is 18.2 Å². The molecular formula is C11H10BrClF3NO2. The molecule has 1 aromatic rings. The van der Waals surface area contributed by atoms with E-state index in [1.165, 1.54) is 13.2 Å². The Morgan fingerprint density at radius 2 is 2.16 bits per heavy atom. The number of anilines is 1. The Morgan fingerprint density at radius 1 is 1.53 bits per heavy atom. The van der Waals surface area contributed by atoms with E-state index in [1.807, 2.05) is 0 Å². The molecule has 1 rings (SSSR count). The van der Waals surface area contributed by atoms with Gasteiger partial charge in [0.15, 0.2) is 0 Å². The Morgan fingerprint density at radius 3 is 2.63 bits per heavy atom. The van der Waals surface area contributed by atoms with Gasteiger partial charge in [0, 0.05) is 6.54 Å². The van der Waals surface area contributed by atoms with Crippen LogP contribution in [-0.2, 0) is 15.7 Å². The zero-order valence-electron chi connectivity index (χ0n) is 9.72. The van der Waals surface area contributed by atoms with Crippen molar-refractivity contribution in [2.45, 2.75) is 11.0 Å². The normalized spacial score (nSPS) is 12.9. The quantitative estimate of drug-likeness (QED) is 0.657. The molecule has 19 heavy (non-hydrogen) atoms. The first-order valence-electron chi connectivity index (χ1n) is 5.08. The molecule has 0 spiro atoms. The minimum atomic E-state index is -4.44. The number of rotatable bonds is 4. The lowest BCUT2D eigenvalue weighted by atomic mass is 10.2. The molecule has 8 heteroatoms. The average molecular weight is 361 g/mol. The van der Waals surface area contributed by atoms with Crippen LogP contribution in [-0.4, -0.2) is 24.5 Å². The molecule has 3 nitrogen and oxygen atoms in total. The molecule has 0 aliphatic rings. The van der Waals surface area contributed by atoms with E-state index in [1.54, 1.807) is 0 Å². The van der Waals surface area contributed by atoms with E-state index in [4.69, 9.17) is 11.6 Å². The van der Waals surface area contributed by atoms with Crippen molar-refractivity contribution in [3.63, 3.8) is 0 Å². The largest absolute Gasteiger partial charge is 0.468 e. The number of nitrogens with one attached hydrogen (secondary N) is 1. The highest BCUT2D eigenvalue weighted by Crippen LogP contribution is 2.33. The van der Waals surface area contributed by atoms with E-state index < -0.39 is 22.5 Å². The van der Waals surface area contributed by atoms with E-state index >= 15 is 0 Å². The van der Waals surface area contributed by atoms with Gasteiger partial charge in [-0.1, -0.05) is 27.5 Å². The highest BCUT2D eigenvalue weighted by molar-refractivity contribution is 9.10. The molecule has 0 amide bonds. The minimum absolute atomic E-state index is 0.0700. The number of alkyl halides is 4. The van der Waals surface area contributed by atoms with Crippen LogP contribution in [0.15, 0.2) is 18.2 Å². The molecule has 1 aromatic carbocycles. The Balaban J connectivity index is 2.73. The lowest BCUT2D eigenvalue weighted by Crippen LogP contribution is -2.24. The van der Waals surface area contributed by atoms with Gasteiger partial charge in [-0.3, -0.25) is 4.79 Å². The van der Waals surface area contributed by atoms with Crippen LogP contribution >= 0.6 is 27.5 Å². The number of halogens is 5. The van der Waals surface area contributed by atoms with Crippen LogP contribution in [0, 0.1) is 0 Å². The van der Waals surface area contributed by atoms with Crippen molar-refractivity contribution in [1.82, 2.24) is 0 Å². The summed E-state index contributed by atoms with van der Waals surface area (Å²) in [6, 6.07) is 2.95. The second-order valence-corrected chi connectivity index (χ2v) is 5.08. The van der Waals surface area contributed by atoms with Crippen LogP contribution in [0.25, 0.3) is 0 Å². The molecule has 1 N–H and O–H groups in total. The Bertz CT molecular complexity index is 468. The lowest BCUT2D eigenvalue weighted by Gasteiger charge is -2.13. The molecule has 0 saturated heterocycles. The first kappa shape index (κ1) is 16.1. The van der Waals surface area contributed by atoms with Gasteiger partial charge in [-0.15, -0.1) is 0 Å². The van der Waals surface area contributed by atoms with E-state index in [9.17, 15) is 18.0 Å². The number of carbonyl (C=O) groups is 1. The maximum absolute atomic E-state index is 12.4. The second kappa shape index (κ2) is 6.47. The molecule has 1 unspecified atom stereocenters. The molecule has 0 aliphatic heterocycles. The zero-order valence-corrected chi connectivity index (χ0v) is 12.1. The number of ether oxygens (including phenoxy) is 1. The summed E-state index contributed by atoms with van der Waals surface area (Å²) < 4.78 is 41.7. The first-order chi connectivity index (χ1) is 8.75. The van der Waals surface area contributed by atoms with E-state index in [-0.39, 0.29) is 11.6 Å². The highest BCUT2D eigenvalue weighted by Gasteiger charge is 2.30. The number of methoxy groups -OCH3 is 1. The Labute approximate surface area is 121 Å². The van der Waals surface area contributed by atoms with Crippen LogP contribution in [0.2, 0.25) is 5.02 Å². The fourth-order valence-electron chi connectivity index (χ4n) is 1.25. The van der Waals surface area contributed by atoms with Crippen molar-refractivity contribution < 1.29 is 22.7 Å². The van der Waals surface area contributed by atoms with Crippen LogP contribution < -0.4 is 5.32 Å². The molecular weight excluding hydrogens is 350 g/mol. The summed E-state index contributed by atoms with van der Waals surface area (Å²) in [5.41, 5.74) is -0.519. The van der Waals surface area contributed by atoms with Crippen LogP contribution in [0.4, 0.5) is 18.9 Å². The molecule has 0 radical (unpaired) electrons. The fourth-order valence-corrected chi connectivity index (χ4v) is 1.84. The summed E-state index contributed by atoms with van der Waals surface area (Å²) in [5.74, 6) is -0.490. The van der Waals surface area contributed by atoms with Crippen molar-refractivity contribution in [3.8, 4) is 0 Å². The van der Waals surface area contributed by atoms with Gasteiger partial charge in [0.25, 0.3) is 0 Å². The van der Waals surface area contributed by atoms with Crippen molar-refractivity contribution in [1.29, 1.82) is 0 Å². The first-order valence-corrected chi connectivity index (χ1v) is 6.37. The van der Waals surface area contributed by atoms with E-state index in [0.29, 0.717) is 5.69 Å². The third kappa shape index (κ3) is 4.58. The number of benzene rings is 1. The molecule has 106 valence electrons. The number of carbonyl (C=O) groups excluding carboxylic acids is 1. The maximum Gasteiger partial charge on any atom is 0.416 e. The predicted molar refractivity (Wildman–Crippen MR) is 69.7 cm³/mol. The lowest BCUT2D eigenvalue weighted by molar-refractivity contribution is -0.139. The van der Waals surface area contributed by atoms with Gasteiger partial charge in [-0.2, -0.15) is 13.2 Å². The minimum Gasteiger partial charge on any atom is -0.468 e. The van der Waals surface area contributed by atoms with Crippen LogP contribution in [0.5, 0.6) is 0 Å². The second-order valence-electron chi connectivity index (χ2n) is 3.56. The van der Waals surface area contributed by atoms with Crippen LogP contribution in [0.3, 0.4) is 0 Å². The zero-order chi connectivity index (χ0) is 14.6. The van der Waals surface area contributed by atoms with Gasteiger partial charge in [0.1, 0.15) is 4.83 Å². The number of hydrogen-bond acceptors (Lipinski definition) is 3. The van der Waals surface area contributed by atoms with E-state index in [0.717, 1.165) is 12.1 Å². The summed E-state index contributed by atoms with van der Waals surface area (Å²) in [6.07, 6.45) is -4.44. The predicted octanol–water partition coefficient (Wildman–Crippen LogP) is 3.71. The van der Waals surface area contributed by atoms with Crippen molar-refractivity contribution in [2.75, 3.05) is 19.0 Å². The van der Waals surface area contributed by atoms with Gasteiger partial charge >= 0.3 is 12.1 Å². The van der Waals surface area contributed by atoms with Crippen LogP contribution in [0.1, 0.15) is 5.56 Å². The molecule has 0 bridgehead atoms. The summed E-state index contributed by atoms with van der Waals surface area (Å²) in [6.45, 7) is 0.137.